The van der Waals surface area contributed by atoms with Gasteiger partial charge in [0.15, 0.2) is 0 Å². The van der Waals surface area contributed by atoms with Crippen molar-refractivity contribution in [1.82, 2.24) is 25.2 Å². The van der Waals surface area contributed by atoms with E-state index in [-0.39, 0.29) is 31.9 Å². The number of methoxy groups -OCH3 is 1. The number of hydrogen-bond donors (Lipinski definition) is 3. The average molecular weight is 826 g/mol. The predicted octanol–water partition coefficient (Wildman–Crippen LogP) is 5.41. The number of nitrogens with zero attached hydrogens (tertiary/aromatic N) is 2. The standard InChI is InChI=1S/C44H51N5O9S/c1-3-30-25-44(30,42(52)48-59(54,55)32-18-19-32)47-40(50)36-22-31-26-49(36)41(51)39(28-15-10-11-16-28)46-43(53)57-20-12-5-4-7-17-29-21-33-35(24-37(29)56-2)45-34(23-38(33)58-31)27-13-8-6-9-14-27/h3,6-9,13-14,17,21,23-24,28,30-32,36,39H,1,4-5,10-12,15-16,18-20,22,25-26H2,2H3,(H,46,53)(H,47,50)(H,48,52)/t30-,31-,36+,39+,44-/m1/s1. The minimum atomic E-state index is -3.91. The van der Waals surface area contributed by atoms with Crippen molar-refractivity contribution in [2.75, 3.05) is 20.3 Å². The van der Waals surface area contributed by atoms with Gasteiger partial charge in [-0.2, -0.15) is 0 Å². The molecule has 3 N–H and O–H groups in total. The summed E-state index contributed by atoms with van der Waals surface area (Å²) in [4.78, 5) is 62.8. The van der Waals surface area contributed by atoms with Crippen LogP contribution < -0.4 is 24.8 Å². The molecule has 1 aromatic heterocycles. The summed E-state index contributed by atoms with van der Waals surface area (Å²) in [5, 5.41) is 5.78. The normalized spacial score (nSPS) is 26.5. The highest BCUT2D eigenvalue weighted by Crippen LogP contribution is 2.46. The largest absolute Gasteiger partial charge is 0.496 e. The zero-order chi connectivity index (χ0) is 41.3. The number of alkyl carbamates (subject to hydrolysis) is 1. The van der Waals surface area contributed by atoms with E-state index in [1.807, 2.05) is 60.7 Å². The summed E-state index contributed by atoms with van der Waals surface area (Å²) in [5.74, 6) is -1.50. The highest BCUT2D eigenvalue weighted by atomic mass is 32.2. The first kappa shape index (κ1) is 40.3. The van der Waals surface area contributed by atoms with Crippen LogP contribution in [0.15, 0.2) is 67.3 Å². The van der Waals surface area contributed by atoms with Gasteiger partial charge < -0.3 is 29.7 Å². The Morgan fingerprint density at radius 1 is 1.05 bits per heavy atom. The molecule has 0 radical (unpaired) electrons. The molecule has 2 aliphatic heterocycles. The number of cyclic esters (lactones) is 1. The van der Waals surface area contributed by atoms with Gasteiger partial charge in [-0.3, -0.25) is 19.1 Å². The molecule has 3 heterocycles. The first-order valence-corrected chi connectivity index (χ1v) is 22.2. The highest BCUT2D eigenvalue weighted by molar-refractivity contribution is 7.91. The van der Waals surface area contributed by atoms with E-state index in [1.54, 1.807) is 7.11 Å². The van der Waals surface area contributed by atoms with Gasteiger partial charge in [-0.05, 0) is 63.4 Å². The first-order valence-electron chi connectivity index (χ1n) is 20.7. The van der Waals surface area contributed by atoms with Crippen LogP contribution >= 0.6 is 0 Å². The molecule has 312 valence electrons. The summed E-state index contributed by atoms with van der Waals surface area (Å²) in [7, 11) is -2.31. The first-order chi connectivity index (χ1) is 28.5. The van der Waals surface area contributed by atoms with Crippen molar-refractivity contribution >= 4 is 50.8 Å². The molecule has 3 aliphatic carbocycles. The van der Waals surface area contributed by atoms with E-state index in [2.05, 4.69) is 21.9 Å². The lowest BCUT2D eigenvalue weighted by Crippen LogP contribution is -2.59. The second kappa shape index (κ2) is 16.7. The van der Waals surface area contributed by atoms with Gasteiger partial charge in [0.25, 0.3) is 5.91 Å². The topological polar surface area (TPSA) is 182 Å². The maximum atomic E-state index is 14.9. The molecule has 5 aliphatic rings. The Bertz CT molecular complexity index is 2270. The minimum Gasteiger partial charge on any atom is -0.496 e. The second-order valence-electron chi connectivity index (χ2n) is 16.3. The third-order valence-corrected chi connectivity index (χ3v) is 14.1. The van der Waals surface area contributed by atoms with Gasteiger partial charge in [-0.1, -0.05) is 61.4 Å². The summed E-state index contributed by atoms with van der Waals surface area (Å²) < 4.78 is 46.1. The quantitative estimate of drug-likeness (QED) is 0.236. The number of fused-ring (bicyclic) bond motifs is 3. The van der Waals surface area contributed by atoms with Crippen molar-refractivity contribution in [2.45, 2.75) is 99.6 Å². The van der Waals surface area contributed by atoms with Crippen LogP contribution in [0.4, 0.5) is 4.79 Å². The Labute approximate surface area is 344 Å². The number of benzene rings is 2. The van der Waals surface area contributed by atoms with Crippen LogP contribution in [0, 0.1) is 11.8 Å². The molecule has 14 nitrogen and oxygen atoms in total. The molecule has 3 aromatic rings. The fourth-order valence-corrected chi connectivity index (χ4v) is 10.1. The monoisotopic (exact) mass is 825 g/mol. The van der Waals surface area contributed by atoms with E-state index in [9.17, 15) is 27.6 Å². The van der Waals surface area contributed by atoms with Gasteiger partial charge in [0.2, 0.25) is 21.8 Å². The number of amides is 4. The number of carbonyl (C=O) groups is 4. The van der Waals surface area contributed by atoms with Crippen LogP contribution in [0.5, 0.6) is 11.5 Å². The summed E-state index contributed by atoms with van der Waals surface area (Å²) >= 11 is 0. The van der Waals surface area contributed by atoms with E-state index in [0.717, 1.165) is 36.8 Å². The molecular weight excluding hydrogens is 775 g/mol. The molecule has 0 unspecified atom stereocenters. The lowest BCUT2D eigenvalue weighted by molar-refractivity contribution is -0.142. The van der Waals surface area contributed by atoms with Crippen molar-refractivity contribution in [1.29, 1.82) is 0 Å². The number of sulfonamides is 1. The molecule has 59 heavy (non-hydrogen) atoms. The number of aromatic nitrogens is 1. The van der Waals surface area contributed by atoms with Gasteiger partial charge in [-0.15, -0.1) is 6.58 Å². The second-order valence-corrected chi connectivity index (χ2v) is 18.3. The van der Waals surface area contributed by atoms with Gasteiger partial charge in [0.05, 0.1) is 36.7 Å². The van der Waals surface area contributed by atoms with E-state index < -0.39 is 68.7 Å². The molecule has 1 saturated heterocycles. The Morgan fingerprint density at radius 3 is 2.54 bits per heavy atom. The fraction of sp³-hybridized carbons (Fsp3) is 0.477. The zero-order valence-electron chi connectivity index (χ0n) is 33.2. The number of rotatable bonds is 9. The van der Waals surface area contributed by atoms with Gasteiger partial charge in [0, 0.05) is 41.0 Å². The number of carbonyl (C=O) groups excluding carboxylic acids is 4. The van der Waals surface area contributed by atoms with Crippen LogP contribution in [0.3, 0.4) is 0 Å². The molecular formula is C44H51N5O9S. The van der Waals surface area contributed by atoms with E-state index in [0.29, 0.717) is 60.2 Å². The third-order valence-electron chi connectivity index (χ3n) is 12.3. The number of nitrogens with one attached hydrogen (secondary N) is 3. The van der Waals surface area contributed by atoms with Gasteiger partial charge >= 0.3 is 6.09 Å². The minimum absolute atomic E-state index is 0.00951. The van der Waals surface area contributed by atoms with Crippen molar-refractivity contribution < 1.29 is 41.8 Å². The maximum Gasteiger partial charge on any atom is 0.407 e. The molecule has 5 atom stereocenters. The van der Waals surface area contributed by atoms with E-state index in [4.69, 9.17) is 19.2 Å². The van der Waals surface area contributed by atoms with E-state index >= 15 is 0 Å². The van der Waals surface area contributed by atoms with Gasteiger partial charge in [0.1, 0.15) is 35.2 Å². The lowest BCUT2D eigenvalue weighted by atomic mass is 9.96. The number of pyridine rings is 1. The van der Waals surface area contributed by atoms with Crippen molar-refractivity contribution in [3.8, 4) is 22.8 Å². The van der Waals surface area contributed by atoms with Crippen LogP contribution in [0.2, 0.25) is 0 Å². The molecule has 2 aromatic carbocycles. The highest BCUT2D eigenvalue weighted by Gasteiger charge is 2.62. The van der Waals surface area contributed by atoms with Gasteiger partial charge in [-0.25, -0.2) is 18.2 Å². The number of ether oxygens (including phenoxy) is 3. The summed E-state index contributed by atoms with van der Waals surface area (Å²) in [6.07, 6.45) is 10.6. The number of hydrogen-bond acceptors (Lipinski definition) is 10. The fourth-order valence-electron chi connectivity index (χ4n) is 8.73. The van der Waals surface area contributed by atoms with Crippen LogP contribution in [0.1, 0.15) is 76.2 Å². The molecule has 3 saturated carbocycles. The lowest BCUT2D eigenvalue weighted by Gasteiger charge is -2.32. The Kier molecular flexibility index (Phi) is 11.4. The Morgan fingerprint density at radius 2 is 1.83 bits per heavy atom. The molecule has 4 fully saturated rings. The maximum absolute atomic E-state index is 14.9. The molecule has 15 heteroatoms. The van der Waals surface area contributed by atoms with E-state index in [1.165, 1.54) is 11.0 Å². The van der Waals surface area contributed by atoms with Crippen molar-refractivity contribution in [2.24, 2.45) is 11.8 Å². The van der Waals surface area contributed by atoms with Crippen LogP contribution in [-0.2, 0) is 29.1 Å². The number of allylic oxidation sites excluding steroid dienone is 1. The summed E-state index contributed by atoms with van der Waals surface area (Å²) in [6.45, 7) is 3.98. The predicted molar refractivity (Wildman–Crippen MR) is 221 cm³/mol. The Balaban J connectivity index is 1.18. The molecule has 0 spiro atoms. The van der Waals surface area contributed by atoms with Crippen molar-refractivity contribution in [3.05, 3.63) is 72.8 Å². The van der Waals surface area contributed by atoms with Crippen LogP contribution in [0.25, 0.3) is 28.2 Å². The smallest absolute Gasteiger partial charge is 0.407 e. The SMILES string of the molecule is C=C[C@@H]1C[C@]1(NC(=O)[C@@H]1C[C@@H]2CN1C(=O)[C@H](C1CCCC1)NC(=O)OCCCCC=Cc1cc3c(cc(-c4ccccc4)nc3cc1OC)O2)C(=O)NS(=O)(=O)C1CC1. The molecule has 8 rings (SSSR count). The van der Waals surface area contributed by atoms with Crippen molar-refractivity contribution in [3.63, 3.8) is 0 Å². The third kappa shape index (κ3) is 8.52. The summed E-state index contributed by atoms with van der Waals surface area (Å²) in [6, 6.07) is 13.3. The average Bonchev–Trinajstić information content (AvgIpc) is 4.11. The zero-order valence-corrected chi connectivity index (χ0v) is 34.0. The van der Waals surface area contributed by atoms with Crippen LogP contribution in [-0.4, -0.2) is 91.4 Å². The molecule has 4 bridgehead atoms. The Hall–Kier alpha value is -5.44. The summed E-state index contributed by atoms with van der Waals surface area (Å²) in [5.41, 5.74) is 1.39. The molecule has 4 amide bonds.